The number of nitrogens with zero attached hydrogens (tertiary/aromatic N) is 1. The van der Waals surface area contributed by atoms with Gasteiger partial charge in [0.2, 0.25) is 0 Å². The van der Waals surface area contributed by atoms with E-state index in [9.17, 15) is 4.79 Å². The molecule has 0 radical (unpaired) electrons. The van der Waals surface area contributed by atoms with E-state index >= 15 is 0 Å². The molecular weight excluding hydrogens is 234 g/mol. The molecule has 0 aliphatic rings. The zero-order valence-electron chi connectivity index (χ0n) is 9.47. The molecule has 0 saturated carbocycles. The van der Waals surface area contributed by atoms with Gasteiger partial charge in [-0.25, -0.2) is 10.8 Å². The summed E-state index contributed by atoms with van der Waals surface area (Å²) in [5.41, 5.74) is 8.72. The number of aliphatic hydroxyl groups excluding tert-OH is 1. The number of rotatable bonds is 3. The molecular formula is C11H13N5O2. The van der Waals surface area contributed by atoms with Gasteiger partial charge in [-0.2, -0.15) is 0 Å². The zero-order chi connectivity index (χ0) is 13.1. The third kappa shape index (κ3) is 2.17. The molecule has 1 aromatic carbocycles. The molecule has 0 spiro atoms. The van der Waals surface area contributed by atoms with Crippen molar-refractivity contribution in [3.8, 4) is 11.4 Å². The van der Waals surface area contributed by atoms with Crippen molar-refractivity contribution in [2.75, 3.05) is 11.2 Å². The highest BCUT2D eigenvalue weighted by atomic mass is 16.3. The molecule has 0 atom stereocenters. The number of nitrogens with two attached hydrogens (primary N) is 2. The topological polar surface area (TPSA) is 130 Å². The first kappa shape index (κ1) is 12.1. The molecule has 0 amide bonds. The molecule has 2 aromatic rings. The maximum atomic E-state index is 11.6. The first-order valence-corrected chi connectivity index (χ1v) is 5.22. The van der Waals surface area contributed by atoms with Gasteiger partial charge < -0.3 is 21.2 Å². The second kappa shape index (κ2) is 4.86. The van der Waals surface area contributed by atoms with E-state index in [0.29, 0.717) is 11.4 Å². The van der Waals surface area contributed by atoms with E-state index in [-0.39, 0.29) is 18.1 Å². The number of nitrogens with one attached hydrogen (secondary N) is 2. The van der Waals surface area contributed by atoms with Gasteiger partial charge in [-0.1, -0.05) is 24.3 Å². The van der Waals surface area contributed by atoms with Crippen LogP contribution in [0.15, 0.2) is 29.1 Å². The molecule has 18 heavy (non-hydrogen) atoms. The Bertz CT molecular complexity index is 606. The fourth-order valence-electron chi connectivity index (χ4n) is 1.50. The quantitative estimate of drug-likeness (QED) is 0.377. The number of hydrogen-bond donors (Lipinski definition) is 5. The summed E-state index contributed by atoms with van der Waals surface area (Å²) in [6, 6.07) is 6.95. The van der Waals surface area contributed by atoms with Crippen molar-refractivity contribution in [2.45, 2.75) is 6.61 Å². The summed E-state index contributed by atoms with van der Waals surface area (Å²) in [6.07, 6.45) is 0. The van der Waals surface area contributed by atoms with E-state index in [2.05, 4.69) is 15.4 Å². The Labute approximate surface area is 102 Å². The zero-order valence-corrected chi connectivity index (χ0v) is 9.47. The summed E-state index contributed by atoms with van der Waals surface area (Å²) < 4.78 is 0. The number of benzene rings is 1. The minimum atomic E-state index is -0.459. The molecule has 0 saturated heterocycles. The minimum absolute atomic E-state index is 0.0401. The van der Waals surface area contributed by atoms with Crippen LogP contribution in [-0.4, -0.2) is 15.1 Å². The minimum Gasteiger partial charge on any atom is -0.392 e. The highest BCUT2D eigenvalue weighted by molar-refractivity contribution is 5.65. The molecule has 7 N–H and O–H groups in total. The molecule has 0 unspecified atom stereocenters. The van der Waals surface area contributed by atoms with Gasteiger partial charge in [0.1, 0.15) is 11.5 Å². The average Bonchev–Trinajstić information content (AvgIpc) is 2.42. The van der Waals surface area contributed by atoms with Crippen molar-refractivity contribution in [1.29, 1.82) is 0 Å². The van der Waals surface area contributed by atoms with Crippen LogP contribution in [0.1, 0.15) is 5.56 Å². The first-order chi connectivity index (χ1) is 8.65. The van der Waals surface area contributed by atoms with Gasteiger partial charge in [0.25, 0.3) is 5.56 Å². The summed E-state index contributed by atoms with van der Waals surface area (Å²) in [5, 5.41) is 8.95. The number of aromatic nitrogens is 2. The Morgan fingerprint density at radius 1 is 1.33 bits per heavy atom. The van der Waals surface area contributed by atoms with Crippen LogP contribution < -0.4 is 22.6 Å². The van der Waals surface area contributed by atoms with Crippen molar-refractivity contribution in [3.63, 3.8) is 0 Å². The predicted octanol–water partition coefficient (Wildman–Crippen LogP) is -0.203. The van der Waals surface area contributed by atoms with E-state index in [4.69, 9.17) is 16.7 Å². The Kier molecular flexibility index (Phi) is 3.26. The van der Waals surface area contributed by atoms with Gasteiger partial charge >= 0.3 is 0 Å². The van der Waals surface area contributed by atoms with Crippen molar-refractivity contribution >= 4 is 11.5 Å². The third-order valence-corrected chi connectivity index (χ3v) is 2.50. The van der Waals surface area contributed by atoms with E-state index in [0.717, 1.165) is 5.56 Å². The van der Waals surface area contributed by atoms with Crippen LogP contribution in [0.25, 0.3) is 11.4 Å². The van der Waals surface area contributed by atoms with Gasteiger partial charge in [0.15, 0.2) is 5.82 Å². The molecule has 1 aromatic heterocycles. The first-order valence-electron chi connectivity index (χ1n) is 5.22. The van der Waals surface area contributed by atoms with E-state index in [1.54, 1.807) is 24.3 Å². The second-order valence-electron chi connectivity index (χ2n) is 3.68. The summed E-state index contributed by atoms with van der Waals surface area (Å²) in [5.74, 6) is 5.71. The Hall–Kier alpha value is -2.38. The standard InChI is InChI=1S/C11H13N5O2/c12-8-10(16-13)14-9(15-11(8)18)7-3-1-6(5-17)2-4-7/h1-4,17H,5,12-13H2,(H2,14,15,16,18). The SMILES string of the molecule is NNc1nc(-c2ccc(CO)cc2)[nH]c(=O)c1N. The van der Waals surface area contributed by atoms with Crippen molar-refractivity contribution in [2.24, 2.45) is 5.84 Å². The van der Waals surface area contributed by atoms with Crippen LogP contribution in [0.5, 0.6) is 0 Å². The molecule has 2 rings (SSSR count). The predicted molar refractivity (Wildman–Crippen MR) is 68.4 cm³/mol. The van der Waals surface area contributed by atoms with Crippen LogP contribution in [0, 0.1) is 0 Å². The van der Waals surface area contributed by atoms with E-state index in [1.807, 2.05) is 0 Å². The Morgan fingerprint density at radius 3 is 2.56 bits per heavy atom. The molecule has 0 aliphatic heterocycles. The van der Waals surface area contributed by atoms with E-state index < -0.39 is 5.56 Å². The van der Waals surface area contributed by atoms with Gasteiger partial charge in [-0.05, 0) is 5.56 Å². The maximum absolute atomic E-state index is 11.6. The van der Waals surface area contributed by atoms with Crippen LogP contribution in [-0.2, 0) is 6.61 Å². The molecule has 7 heteroatoms. The van der Waals surface area contributed by atoms with Crippen molar-refractivity contribution in [3.05, 3.63) is 40.2 Å². The lowest BCUT2D eigenvalue weighted by Crippen LogP contribution is -2.20. The van der Waals surface area contributed by atoms with Gasteiger partial charge in [-0.3, -0.25) is 4.79 Å². The number of hydrazine groups is 1. The third-order valence-electron chi connectivity index (χ3n) is 2.50. The lowest BCUT2D eigenvalue weighted by atomic mass is 10.1. The van der Waals surface area contributed by atoms with Gasteiger partial charge in [-0.15, -0.1) is 0 Å². The lowest BCUT2D eigenvalue weighted by molar-refractivity contribution is 0.282. The Morgan fingerprint density at radius 2 is 2.00 bits per heavy atom. The normalized spacial score (nSPS) is 10.3. The highest BCUT2D eigenvalue weighted by Crippen LogP contribution is 2.18. The molecule has 0 aliphatic carbocycles. The number of aromatic amines is 1. The highest BCUT2D eigenvalue weighted by Gasteiger charge is 2.08. The number of aliphatic hydroxyl groups is 1. The summed E-state index contributed by atoms with van der Waals surface area (Å²) in [4.78, 5) is 18.2. The summed E-state index contributed by atoms with van der Waals surface area (Å²) in [6.45, 7) is -0.0401. The molecule has 7 nitrogen and oxygen atoms in total. The van der Waals surface area contributed by atoms with E-state index in [1.165, 1.54) is 0 Å². The van der Waals surface area contributed by atoms with Crippen molar-refractivity contribution < 1.29 is 5.11 Å². The van der Waals surface area contributed by atoms with Crippen LogP contribution in [0.4, 0.5) is 11.5 Å². The van der Waals surface area contributed by atoms with Crippen molar-refractivity contribution in [1.82, 2.24) is 9.97 Å². The number of hydrogen-bond acceptors (Lipinski definition) is 6. The monoisotopic (exact) mass is 247 g/mol. The molecule has 94 valence electrons. The lowest BCUT2D eigenvalue weighted by Gasteiger charge is -2.06. The van der Waals surface area contributed by atoms with Gasteiger partial charge in [0.05, 0.1) is 6.61 Å². The van der Waals surface area contributed by atoms with Gasteiger partial charge in [0, 0.05) is 5.56 Å². The summed E-state index contributed by atoms with van der Waals surface area (Å²) in [7, 11) is 0. The molecule has 0 bridgehead atoms. The van der Waals surface area contributed by atoms with Crippen LogP contribution in [0.2, 0.25) is 0 Å². The number of H-pyrrole nitrogens is 1. The molecule has 1 heterocycles. The smallest absolute Gasteiger partial charge is 0.276 e. The van der Waals surface area contributed by atoms with Crippen LogP contribution in [0.3, 0.4) is 0 Å². The average molecular weight is 247 g/mol. The number of anilines is 2. The summed E-state index contributed by atoms with van der Waals surface area (Å²) >= 11 is 0. The largest absolute Gasteiger partial charge is 0.392 e. The maximum Gasteiger partial charge on any atom is 0.276 e. The number of nitrogen functional groups attached to an aromatic ring is 2. The Balaban J connectivity index is 2.50. The fourth-order valence-corrected chi connectivity index (χ4v) is 1.50. The second-order valence-corrected chi connectivity index (χ2v) is 3.68. The van der Waals surface area contributed by atoms with Crippen LogP contribution >= 0.6 is 0 Å². The fraction of sp³-hybridized carbons (Fsp3) is 0.0909. The molecule has 0 fully saturated rings.